The molecule has 230 valence electrons. The summed E-state index contributed by atoms with van der Waals surface area (Å²) in [7, 11) is 0. The molecular weight excluding hydrogens is 574 g/mol. The first kappa shape index (κ1) is 31.0. The van der Waals surface area contributed by atoms with Crippen molar-refractivity contribution >= 4 is 11.6 Å². The first-order valence-corrected chi connectivity index (χ1v) is 13.7. The van der Waals surface area contributed by atoms with Gasteiger partial charge in [-0.3, -0.25) is 4.79 Å². The molecule has 0 radical (unpaired) electrons. The van der Waals surface area contributed by atoms with Gasteiger partial charge in [0.05, 0.1) is 24.7 Å². The van der Waals surface area contributed by atoms with Crippen LogP contribution >= 0.6 is 0 Å². The van der Waals surface area contributed by atoms with Crippen molar-refractivity contribution in [3.05, 3.63) is 101 Å². The summed E-state index contributed by atoms with van der Waals surface area (Å²) in [5.74, 6) is -5.78. The molecule has 3 aromatic carbocycles. The minimum atomic E-state index is -3.85. The molecule has 43 heavy (non-hydrogen) atoms. The summed E-state index contributed by atoms with van der Waals surface area (Å²) in [5, 5.41) is 50.2. The number of alkyl halides is 2. The lowest BCUT2D eigenvalue weighted by molar-refractivity contribution is -0.284. The van der Waals surface area contributed by atoms with E-state index in [0.717, 1.165) is 12.1 Å². The predicted octanol–water partition coefficient (Wildman–Crippen LogP) is 3.12. The molecule has 2 saturated heterocycles. The van der Waals surface area contributed by atoms with Gasteiger partial charge in [0, 0.05) is 11.3 Å². The van der Waals surface area contributed by atoms with Crippen LogP contribution < -0.4 is 4.90 Å². The van der Waals surface area contributed by atoms with Crippen LogP contribution in [0.3, 0.4) is 0 Å². The molecule has 0 aromatic heterocycles. The third-order valence-corrected chi connectivity index (χ3v) is 8.21. The van der Waals surface area contributed by atoms with Gasteiger partial charge in [-0.05, 0) is 60.4 Å². The zero-order valence-electron chi connectivity index (χ0n) is 22.7. The van der Waals surface area contributed by atoms with Crippen LogP contribution in [0.15, 0.2) is 72.8 Å². The van der Waals surface area contributed by atoms with E-state index in [2.05, 4.69) is 0 Å². The van der Waals surface area contributed by atoms with Crippen LogP contribution in [0.1, 0.15) is 41.7 Å². The van der Waals surface area contributed by atoms with Gasteiger partial charge in [-0.1, -0.05) is 36.4 Å². The Morgan fingerprint density at radius 1 is 0.837 bits per heavy atom. The fourth-order valence-corrected chi connectivity index (χ4v) is 5.76. The summed E-state index contributed by atoms with van der Waals surface area (Å²) in [6, 6.07) is 14.8. The van der Waals surface area contributed by atoms with E-state index in [0.29, 0.717) is 16.8 Å². The Hall–Kier alpha value is -3.39. The van der Waals surface area contributed by atoms with E-state index >= 15 is 8.78 Å². The third kappa shape index (κ3) is 5.91. The number of carbonyl (C=O) groups is 1. The molecule has 0 spiro atoms. The highest BCUT2D eigenvalue weighted by Gasteiger charge is 2.55. The van der Waals surface area contributed by atoms with Crippen molar-refractivity contribution in [1.29, 1.82) is 0 Å². The number of carbonyl (C=O) groups excluding carboxylic acids is 1. The molecule has 2 aliphatic rings. The maximum absolute atomic E-state index is 15.5. The van der Waals surface area contributed by atoms with Gasteiger partial charge in [-0.25, -0.2) is 8.78 Å². The quantitative estimate of drug-likeness (QED) is 0.187. The number of hydrogen-bond donors (Lipinski definition) is 5. The van der Waals surface area contributed by atoms with E-state index in [9.17, 15) is 39.1 Å². The Bertz CT molecular complexity index is 1410. The van der Waals surface area contributed by atoms with Crippen molar-refractivity contribution in [3.63, 3.8) is 0 Å². The number of amides is 1. The molecule has 8 atom stereocenters. The number of aliphatic hydroxyl groups excluding tert-OH is 5. The Labute approximate surface area is 244 Å². The van der Waals surface area contributed by atoms with Gasteiger partial charge in [0.25, 0.3) is 0 Å². The number of anilines is 1. The van der Waals surface area contributed by atoms with Crippen molar-refractivity contribution in [2.24, 2.45) is 5.92 Å². The zero-order valence-corrected chi connectivity index (χ0v) is 22.7. The molecule has 1 amide bonds. The lowest BCUT2D eigenvalue weighted by Gasteiger charge is -2.48. The zero-order chi connectivity index (χ0) is 31.1. The van der Waals surface area contributed by atoms with Gasteiger partial charge in [0.1, 0.15) is 36.1 Å². The summed E-state index contributed by atoms with van der Waals surface area (Å²) < 4.78 is 63.0. The predicted molar refractivity (Wildman–Crippen MR) is 145 cm³/mol. The summed E-state index contributed by atoms with van der Waals surface area (Å²) in [6.07, 6.45) is -10.3. The average molecular weight is 606 g/mol. The largest absolute Gasteiger partial charge is 0.394 e. The van der Waals surface area contributed by atoms with Crippen molar-refractivity contribution in [2.75, 3.05) is 11.5 Å². The Kier molecular flexibility index (Phi) is 8.89. The average Bonchev–Trinajstić information content (AvgIpc) is 3.00. The number of benzene rings is 3. The highest BCUT2D eigenvalue weighted by Crippen LogP contribution is 2.47. The van der Waals surface area contributed by atoms with Crippen molar-refractivity contribution in [1.82, 2.24) is 0 Å². The summed E-state index contributed by atoms with van der Waals surface area (Å²) in [5.41, 5.74) is 0.753. The van der Waals surface area contributed by atoms with Crippen molar-refractivity contribution in [2.45, 2.75) is 61.4 Å². The van der Waals surface area contributed by atoms with Gasteiger partial charge in [-0.2, -0.15) is 8.78 Å². The number of ether oxygens (including phenoxy) is 1. The number of β-lactam (4-membered cyclic amide) rings is 1. The first-order valence-electron chi connectivity index (χ1n) is 13.7. The number of aliphatic hydroxyl groups is 5. The summed E-state index contributed by atoms with van der Waals surface area (Å²) in [4.78, 5) is 14.7. The van der Waals surface area contributed by atoms with Gasteiger partial charge >= 0.3 is 5.92 Å². The van der Waals surface area contributed by atoms with Crippen LogP contribution in [-0.4, -0.2) is 68.6 Å². The fraction of sp³-hybridized carbons (Fsp3) is 0.387. The first-order chi connectivity index (χ1) is 20.4. The Morgan fingerprint density at radius 2 is 1.42 bits per heavy atom. The molecule has 3 aromatic rings. The second-order valence-corrected chi connectivity index (χ2v) is 10.9. The molecular formula is C31H31F4NO7. The topological polar surface area (TPSA) is 131 Å². The molecule has 8 nitrogen and oxygen atoms in total. The Balaban J connectivity index is 1.39. The number of halogens is 4. The third-order valence-electron chi connectivity index (χ3n) is 8.21. The molecule has 12 heteroatoms. The van der Waals surface area contributed by atoms with Gasteiger partial charge < -0.3 is 35.2 Å². The van der Waals surface area contributed by atoms with Gasteiger partial charge in [-0.15, -0.1) is 0 Å². The molecule has 5 N–H and O–H groups in total. The lowest BCUT2D eigenvalue weighted by atomic mass is 9.78. The highest BCUT2D eigenvalue weighted by atomic mass is 19.3. The van der Waals surface area contributed by atoms with E-state index in [-0.39, 0.29) is 18.7 Å². The molecule has 0 aliphatic carbocycles. The van der Waals surface area contributed by atoms with Gasteiger partial charge in [0.15, 0.2) is 6.10 Å². The van der Waals surface area contributed by atoms with E-state index in [1.54, 1.807) is 0 Å². The van der Waals surface area contributed by atoms with E-state index in [1.807, 2.05) is 0 Å². The van der Waals surface area contributed by atoms with Crippen LogP contribution in [0.2, 0.25) is 0 Å². The molecule has 5 rings (SSSR count). The van der Waals surface area contributed by atoms with Gasteiger partial charge in [0.2, 0.25) is 5.91 Å². The second-order valence-electron chi connectivity index (χ2n) is 10.9. The molecule has 0 unspecified atom stereocenters. The van der Waals surface area contributed by atoms with Crippen LogP contribution in [-0.2, 0) is 15.5 Å². The van der Waals surface area contributed by atoms with Crippen LogP contribution in [0, 0.1) is 17.6 Å². The van der Waals surface area contributed by atoms with E-state index < -0.39 is 78.3 Å². The smallest absolute Gasteiger partial charge is 0.301 e. The SMILES string of the molecule is O=C1[C@H](CC[C@H](O)c2ccc(F)cc2)[C@@H](c2ccc(C(F)(F)[C@@H]3O[C@H](CO)[C@@H](O)[C@H](O)[C@H]3O)cc2)N1c1ccc(F)cc1. The van der Waals surface area contributed by atoms with Crippen LogP contribution in [0.4, 0.5) is 23.2 Å². The normalized spacial score (nSPS) is 28.4. The Morgan fingerprint density at radius 3 is 2.00 bits per heavy atom. The summed E-state index contributed by atoms with van der Waals surface area (Å²) in [6.45, 7) is -0.858. The standard InChI is InChI=1S/C31H31F4NO7/c32-19-7-3-16(4-8-19)23(38)14-13-22-25(36(30(22)42)21-11-9-20(33)10-12-21)17-1-5-18(6-2-17)31(34,35)29-28(41)27(40)26(39)24(15-37)43-29/h1-12,22-29,37-41H,13-15H2/t22-,23+,24-,25-,26-,27+,28-,29-/m1/s1. The van der Waals surface area contributed by atoms with Crippen molar-refractivity contribution < 1.29 is 52.6 Å². The number of hydrogen-bond acceptors (Lipinski definition) is 7. The van der Waals surface area contributed by atoms with Crippen LogP contribution in [0.5, 0.6) is 0 Å². The number of nitrogens with zero attached hydrogens (tertiary/aromatic N) is 1. The fourth-order valence-electron chi connectivity index (χ4n) is 5.76. The van der Waals surface area contributed by atoms with Crippen molar-refractivity contribution in [3.8, 4) is 0 Å². The minimum Gasteiger partial charge on any atom is -0.394 e. The molecule has 0 saturated carbocycles. The molecule has 2 heterocycles. The monoisotopic (exact) mass is 605 g/mol. The highest BCUT2D eigenvalue weighted by molar-refractivity contribution is 6.03. The van der Waals surface area contributed by atoms with E-state index in [1.165, 1.54) is 65.6 Å². The number of rotatable bonds is 9. The summed E-state index contributed by atoms with van der Waals surface area (Å²) >= 11 is 0. The maximum Gasteiger partial charge on any atom is 0.301 e. The lowest BCUT2D eigenvalue weighted by Crippen LogP contribution is -2.62. The van der Waals surface area contributed by atoms with Crippen LogP contribution in [0.25, 0.3) is 0 Å². The molecule has 2 aliphatic heterocycles. The molecule has 0 bridgehead atoms. The second kappa shape index (κ2) is 12.3. The molecule has 2 fully saturated rings. The van der Waals surface area contributed by atoms with E-state index in [4.69, 9.17) is 4.74 Å². The maximum atomic E-state index is 15.5. The minimum absolute atomic E-state index is 0.156.